The second-order valence-corrected chi connectivity index (χ2v) is 8.03. The molecule has 0 bridgehead atoms. The topological polar surface area (TPSA) is 64.0 Å². The summed E-state index contributed by atoms with van der Waals surface area (Å²) in [5, 5.41) is 2.73. The molecule has 0 aliphatic heterocycles. The molecule has 0 saturated heterocycles. The molecule has 0 radical (unpaired) electrons. The van der Waals surface area contributed by atoms with Gasteiger partial charge in [0.1, 0.15) is 11.6 Å². The van der Waals surface area contributed by atoms with E-state index in [9.17, 15) is 18.4 Å². The summed E-state index contributed by atoms with van der Waals surface area (Å²) in [5.74, 6) is -2.05. The lowest BCUT2D eigenvalue weighted by Gasteiger charge is -2.20. The number of thioether (sulfide) groups is 1. The predicted molar refractivity (Wildman–Crippen MR) is 111 cm³/mol. The van der Waals surface area contributed by atoms with Crippen LogP contribution in [0, 0.1) is 11.6 Å². The van der Waals surface area contributed by atoms with Gasteiger partial charge in [0.05, 0.1) is 21.8 Å². The van der Waals surface area contributed by atoms with Crippen molar-refractivity contribution >= 4 is 34.3 Å². The van der Waals surface area contributed by atoms with E-state index in [1.807, 2.05) is 13.8 Å². The van der Waals surface area contributed by atoms with Crippen LogP contribution >= 0.6 is 11.8 Å². The van der Waals surface area contributed by atoms with E-state index in [1.54, 1.807) is 35.8 Å². The van der Waals surface area contributed by atoms with E-state index in [-0.39, 0.29) is 17.3 Å². The summed E-state index contributed by atoms with van der Waals surface area (Å²) in [7, 11) is 0. The van der Waals surface area contributed by atoms with Crippen LogP contribution in [0.2, 0.25) is 0 Å². The minimum Gasteiger partial charge on any atom is -0.323 e. The first kappa shape index (κ1) is 21.0. The van der Waals surface area contributed by atoms with Gasteiger partial charge in [-0.15, -0.1) is 0 Å². The molecule has 1 N–H and O–H groups in total. The number of fused-ring (bicyclic) bond motifs is 1. The molecule has 5 nitrogen and oxygen atoms in total. The maximum atomic E-state index is 13.8. The molecule has 8 heteroatoms. The van der Waals surface area contributed by atoms with Crippen LogP contribution in [0.1, 0.15) is 33.2 Å². The average molecular weight is 417 g/mol. The molecule has 0 fully saturated rings. The van der Waals surface area contributed by atoms with E-state index in [0.717, 1.165) is 24.2 Å². The summed E-state index contributed by atoms with van der Waals surface area (Å²) < 4.78 is 28.5. The molecule has 1 aromatic heterocycles. The number of para-hydroxylation sites is 1. The Balaban J connectivity index is 1.91. The summed E-state index contributed by atoms with van der Waals surface area (Å²) in [6.45, 7) is 5.53. The van der Waals surface area contributed by atoms with Crippen molar-refractivity contribution in [3.63, 3.8) is 0 Å². The van der Waals surface area contributed by atoms with Gasteiger partial charge in [-0.05, 0) is 44.5 Å². The van der Waals surface area contributed by atoms with Gasteiger partial charge in [-0.1, -0.05) is 30.8 Å². The van der Waals surface area contributed by atoms with Crippen molar-refractivity contribution in [2.75, 3.05) is 5.32 Å². The Kier molecular flexibility index (Phi) is 6.32. The van der Waals surface area contributed by atoms with Gasteiger partial charge in [-0.25, -0.2) is 13.8 Å². The van der Waals surface area contributed by atoms with Gasteiger partial charge >= 0.3 is 0 Å². The van der Waals surface area contributed by atoms with Crippen LogP contribution in [0.3, 0.4) is 0 Å². The normalized spacial score (nSPS) is 13.3. The molecule has 29 heavy (non-hydrogen) atoms. The number of amides is 1. The van der Waals surface area contributed by atoms with E-state index in [2.05, 4.69) is 10.3 Å². The third kappa shape index (κ3) is 4.48. The molecule has 2 atom stereocenters. The highest BCUT2D eigenvalue weighted by atomic mass is 32.2. The van der Waals surface area contributed by atoms with Gasteiger partial charge in [0, 0.05) is 12.1 Å². The molecule has 0 spiro atoms. The first-order valence-corrected chi connectivity index (χ1v) is 10.1. The van der Waals surface area contributed by atoms with Gasteiger partial charge < -0.3 is 5.32 Å². The Hall–Kier alpha value is -2.74. The predicted octanol–water partition coefficient (Wildman–Crippen LogP) is 4.77. The Morgan fingerprint density at radius 3 is 2.62 bits per heavy atom. The Bertz CT molecular complexity index is 1120. The first-order valence-electron chi connectivity index (χ1n) is 9.25. The summed E-state index contributed by atoms with van der Waals surface area (Å²) in [4.78, 5) is 30.1. The van der Waals surface area contributed by atoms with Gasteiger partial charge in [0.2, 0.25) is 5.91 Å². The zero-order chi connectivity index (χ0) is 21.1. The zero-order valence-electron chi connectivity index (χ0n) is 16.3. The van der Waals surface area contributed by atoms with Crippen LogP contribution in [-0.2, 0) is 4.79 Å². The summed E-state index contributed by atoms with van der Waals surface area (Å²) >= 11 is 1.12. The van der Waals surface area contributed by atoms with Crippen LogP contribution < -0.4 is 10.9 Å². The molecule has 3 rings (SSSR count). The lowest BCUT2D eigenvalue weighted by atomic mass is 10.2. The highest BCUT2D eigenvalue weighted by molar-refractivity contribution is 8.00. The van der Waals surface area contributed by atoms with Crippen molar-refractivity contribution in [3.05, 3.63) is 64.5 Å². The SMILES string of the molecule is CC[C@@H](C)n1c(S[C@@H](C)C(=O)Nc2ccc(F)cc2F)nc2ccccc2c1=O. The summed E-state index contributed by atoms with van der Waals surface area (Å²) in [6, 6.07) is 9.90. The number of anilines is 1. The number of benzene rings is 2. The summed E-state index contributed by atoms with van der Waals surface area (Å²) in [5.41, 5.74) is 0.288. The quantitative estimate of drug-likeness (QED) is 0.464. The second kappa shape index (κ2) is 8.73. The number of hydrogen-bond acceptors (Lipinski definition) is 4. The summed E-state index contributed by atoms with van der Waals surface area (Å²) in [6.07, 6.45) is 0.717. The lowest BCUT2D eigenvalue weighted by Crippen LogP contribution is -2.28. The highest BCUT2D eigenvalue weighted by Gasteiger charge is 2.22. The fourth-order valence-corrected chi connectivity index (χ4v) is 3.83. The van der Waals surface area contributed by atoms with E-state index < -0.39 is 22.8 Å². The van der Waals surface area contributed by atoms with Crippen molar-refractivity contribution < 1.29 is 13.6 Å². The minimum atomic E-state index is -0.851. The van der Waals surface area contributed by atoms with Crippen LogP contribution in [-0.4, -0.2) is 20.7 Å². The Morgan fingerprint density at radius 1 is 1.21 bits per heavy atom. The molecule has 0 saturated carbocycles. The standard InChI is InChI=1S/C21H21F2N3O2S/c1-4-12(2)26-20(28)15-7-5-6-8-17(15)25-21(26)29-13(3)19(27)24-18-10-9-14(22)11-16(18)23/h5-13H,4H2,1-3H3,(H,24,27)/t12-,13+/m1/s1. The molecule has 3 aromatic rings. The maximum Gasteiger partial charge on any atom is 0.262 e. The fourth-order valence-electron chi connectivity index (χ4n) is 2.82. The fraction of sp³-hybridized carbons (Fsp3) is 0.286. The monoisotopic (exact) mass is 417 g/mol. The zero-order valence-corrected chi connectivity index (χ0v) is 17.1. The molecule has 1 amide bonds. The van der Waals surface area contributed by atoms with Crippen molar-refractivity contribution in [3.8, 4) is 0 Å². The molecule has 1 heterocycles. The van der Waals surface area contributed by atoms with Crippen LogP contribution in [0.15, 0.2) is 52.4 Å². The Labute approximate surface area is 171 Å². The molecular formula is C21H21F2N3O2S. The number of rotatable bonds is 6. The highest BCUT2D eigenvalue weighted by Crippen LogP contribution is 2.27. The van der Waals surface area contributed by atoms with E-state index in [1.165, 1.54) is 6.07 Å². The third-order valence-corrected chi connectivity index (χ3v) is 5.71. The van der Waals surface area contributed by atoms with Gasteiger partial charge in [-0.2, -0.15) is 0 Å². The van der Waals surface area contributed by atoms with Crippen molar-refractivity contribution in [1.29, 1.82) is 0 Å². The number of nitrogens with one attached hydrogen (secondary N) is 1. The Morgan fingerprint density at radius 2 is 1.93 bits per heavy atom. The molecular weight excluding hydrogens is 396 g/mol. The number of carbonyl (C=O) groups excluding carboxylic acids is 1. The molecule has 0 aliphatic rings. The second-order valence-electron chi connectivity index (χ2n) is 6.72. The van der Waals surface area contributed by atoms with Gasteiger partial charge in [0.15, 0.2) is 5.16 Å². The van der Waals surface area contributed by atoms with E-state index in [4.69, 9.17) is 0 Å². The number of carbonyl (C=O) groups is 1. The number of hydrogen-bond donors (Lipinski definition) is 1. The molecule has 2 aromatic carbocycles. The molecule has 152 valence electrons. The smallest absolute Gasteiger partial charge is 0.262 e. The van der Waals surface area contributed by atoms with Crippen LogP contribution in [0.4, 0.5) is 14.5 Å². The maximum absolute atomic E-state index is 13.8. The van der Waals surface area contributed by atoms with Crippen molar-refractivity contribution in [1.82, 2.24) is 9.55 Å². The minimum absolute atomic E-state index is 0.102. The molecule has 0 unspecified atom stereocenters. The van der Waals surface area contributed by atoms with Crippen LogP contribution in [0.25, 0.3) is 10.9 Å². The lowest BCUT2D eigenvalue weighted by molar-refractivity contribution is -0.115. The largest absolute Gasteiger partial charge is 0.323 e. The first-order chi connectivity index (χ1) is 13.8. The van der Waals surface area contributed by atoms with Crippen LogP contribution in [0.5, 0.6) is 0 Å². The number of nitrogens with zero attached hydrogens (tertiary/aromatic N) is 2. The molecule has 0 aliphatic carbocycles. The van der Waals surface area contributed by atoms with Gasteiger partial charge in [-0.3, -0.25) is 14.2 Å². The van der Waals surface area contributed by atoms with E-state index >= 15 is 0 Å². The van der Waals surface area contributed by atoms with Gasteiger partial charge in [0.25, 0.3) is 5.56 Å². The van der Waals surface area contributed by atoms with Crippen molar-refractivity contribution in [2.45, 2.75) is 43.6 Å². The number of halogens is 2. The average Bonchev–Trinajstić information content (AvgIpc) is 2.69. The van der Waals surface area contributed by atoms with E-state index in [0.29, 0.717) is 22.1 Å². The number of aromatic nitrogens is 2. The van der Waals surface area contributed by atoms with Crippen molar-refractivity contribution in [2.24, 2.45) is 0 Å². The third-order valence-electron chi connectivity index (χ3n) is 4.65.